The van der Waals surface area contributed by atoms with Crippen LogP contribution in [0.3, 0.4) is 0 Å². The fourth-order valence-electron chi connectivity index (χ4n) is 3.34. The minimum Gasteiger partial charge on any atom is -0.508 e. The summed E-state index contributed by atoms with van der Waals surface area (Å²) >= 11 is 1.67. The summed E-state index contributed by atoms with van der Waals surface area (Å²) in [6, 6.07) is 7.18. The molecule has 0 spiro atoms. The number of aromatic hydroxyl groups is 1. The van der Waals surface area contributed by atoms with E-state index in [0.717, 1.165) is 28.7 Å². The first-order valence-corrected chi connectivity index (χ1v) is 8.87. The van der Waals surface area contributed by atoms with Crippen molar-refractivity contribution in [2.24, 2.45) is 0 Å². The molecule has 0 radical (unpaired) electrons. The topological polar surface area (TPSA) is 65.5 Å². The van der Waals surface area contributed by atoms with Gasteiger partial charge in [-0.25, -0.2) is 4.98 Å². The van der Waals surface area contributed by atoms with Crippen LogP contribution in [0.15, 0.2) is 24.3 Å². The van der Waals surface area contributed by atoms with Crippen LogP contribution in [0, 0.1) is 0 Å². The highest BCUT2D eigenvalue weighted by atomic mass is 32.1. The molecule has 4 rings (SSSR count). The van der Waals surface area contributed by atoms with Crippen molar-refractivity contribution in [3.05, 3.63) is 34.7 Å². The van der Waals surface area contributed by atoms with Crippen LogP contribution in [-0.2, 0) is 4.79 Å². The number of hydrogen-bond acceptors (Lipinski definition) is 5. The molecule has 6 heteroatoms. The Hall–Kier alpha value is -2.08. The minimum absolute atomic E-state index is 0.0127. The number of thiazole rings is 1. The predicted molar refractivity (Wildman–Crippen MR) is 91.4 cm³/mol. The number of nitrogens with one attached hydrogen (secondary N) is 1. The van der Waals surface area contributed by atoms with Gasteiger partial charge in [-0.1, -0.05) is 23.5 Å². The second-order valence-electron chi connectivity index (χ2n) is 6.16. The summed E-state index contributed by atoms with van der Waals surface area (Å²) in [4.78, 5) is 20.1. The number of carbonyl (C=O) groups excluding carboxylic acids is 1. The molecule has 0 bridgehead atoms. The number of carbonyl (C=O) groups is 1. The maximum atomic E-state index is 12.1. The SMILES string of the molecule is O=C1C[C@H](c2cccc(O)c2)c2sc(N3CCCCC3)nc2N1. The van der Waals surface area contributed by atoms with E-state index >= 15 is 0 Å². The average Bonchev–Trinajstić information content (AvgIpc) is 2.98. The van der Waals surface area contributed by atoms with Crippen LogP contribution >= 0.6 is 11.3 Å². The lowest BCUT2D eigenvalue weighted by Gasteiger charge is -2.25. The van der Waals surface area contributed by atoms with Crippen LogP contribution in [-0.4, -0.2) is 29.1 Å². The first-order chi connectivity index (χ1) is 11.2. The summed E-state index contributed by atoms with van der Waals surface area (Å²) in [5, 5.41) is 13.7. The van der Waals surface area contributed by atoms with Gasteiger partial charge in [0, 0.05) is 25.4 Å². The van der Waals surface area contributed by atoms with Gasteiger partial charge in [0.05, 0.1) is 4.88 Å². The van der Waals surface area contributed by atoms with E-state index in [2.05, 4.69) is 15.2 Å². The van der Waals surface area contributed by atoms with Crippen molar-refractivity contribution in [1.82, 2.24) is 4.98 Å². The Morgan fingerprint density at radius 2 is 2.09 bits per heavy atom. The molecule has 0 aliphatic carbocycles. The van der Waals surface area contributed by atoms with Crippen molar-refractivity contribution < 1.29 is 9.90 Å². The van der Waals surface area contributed by atoms with Gasteiger partial charge in [-0.3, -0.25) is 4.79 Å². The zero-order valence-corrected chi connectivity index (χ0v) is 13.6. The Labute approximate surface area is 139 Å². The monoisotopic (exact) mass is 329 g/mol. The van der Waals surface area contributed by atoms with E-state index in [-0.39, 0.29) is 17.6 Å². The molecule has 1 aromatic carbocycles. The standard InChI is InChI=1S/C17H19N3O2S/c21-12-6-4-5-11(9-12)13-10-14(22)18-16-15(13)23-17(19-16)20-7-2-1-3-8-20/h4-6,9,13,21H,1-3,7-8,10H2,(H,18,22)/t13-/m1/s1. The van der Waals surface area contributed by atoms with E-state index in [1.807, 2.05) is 12.1 Å². The zero-order valence-electron chi connectivity index (χ0n) is 12.8. The normalized spacial score (nSPS) is 21.0. The third-order valence-electron chi connectivity index (χ3n) is 4.51. The summed E-state index contributed by atoms with van der Waals surface area (Å²) in [6.45, 7) is 2.08. The molecule has 1 atom stereocenters. The predicted octanol–water partition coefficient (Wildman–Crippen LogP) is 3.31. The Morgan fingerprint density at radius 1 is 1.26 bits per heavy atom. The third kappa shape index (κ3) is 2.79. The minimum atomic E-state index is -0.0260. The van der Waals surface area contributed by atoms with Crippen LogP contribution in [0.25, 0.3) is 0 Å². The van der Waals surface area contributed by atoms with Gasteiger partial charge in [-0.05, 0) is 37.0 Å². The number of phenols is 1. The number of phenolic OH excluding ortho intramolecular Hbond substituents is 1. The number of anilines is 2. The lowest BCUT2D eigenvalue weighted by Crippen LogP contribution is -2.29. The highest BCUT2D eigenvalue weighted by molar-refractivity contribution is 7.16. The van der Waals surface area contributed by atoms with Crippen molar-refractivity contribution in [1.29, 1.82) is 0 Å². The van der Waals surface area contributed by atoms with Crippen molar-refractivity contribution in [2.45, 2.75) is 31.6 Å². The summed E-state index contributed by atoms with van der Waals surface area (Å²) in [5.41, 5.74) is 0.968. The van der Waals surface area contributed by atoms with Crippen LogP contribution in [0.4, 0.5) is 10.9 Å². The molecule has 2 aromatic rings. The largest absolute Gasteiger partial charge is 0.508 e. The van der Waals surface area contributed by atoms with Crippen LogP contribution < -0.4 is 10.2 Å². The van der Waals surface area contributed by atoms with Gasteiger partial charge in [-0.2, -0.15) is 0 Å². The van der Waals surface area contributed by atoms with Gasteiger partial charge >= 0.3 is 0 Å². The third-order valence-corrected chi connectivity index (χ3v) is 5.73. The van der Waals surface area contributed by atoms with E-state index in [4.69, 9.17) is 0 Å². The molecule has 1 amide bonds. The second kappa shape index (κ2) is 5.85. The highest BCUT2D eigenvalue weighted by Crippen LogP contribution is 2.43. The van der Waals surface area contributed by atoms with Gasteiger partial charge < -0.3 is 15.3 Å². The van der Waals surface area contributed by atoms with Crippen molar-refractivity contribution >= 4 is 28.2 Å². The maximum Gasteiger partial charge on any atom is 0.226 e. The molecule has 1 fully saturated rings. The smallest absolute Gasteiger partial charge is 0.226 e. The molecular weight excluding hydrogens is 310 g/mol. The molecule has 2 N–H and O–H groups in total. The molecule has 0 unspecified atom stereocenters. The molecule has 1 saturated heterocycles. The average molecular weight is 329 g/mol. The van der Waals surface area contributed by atoms with Crippen molar-refractivity contribution in [3.63, 3.8) is 0 Å². The van der Waals surface area contributed by atoms with Crippen molar-refractivity contribution in [3.8, 4) is 5.75 Å². The first kappa shape index (κ1) is 14.5. The van der Waals surface area contributed by atoms with E-state index in [1.165, 1.54) is 19.3 Å². The van der Waals surface area contributed by atoms with E-state index < -0.39 is 0 Å². The molecule has 120 valence electrons. The Bertz CT molecular complexity index is 737. The number of benzene rings is 1. The Morgan fingerprint density at radius 3 is 2.87 bits per heavy atom. The van der Waals surface area contributed by atoms with E-state index in [0.29, 0.717) is 12.2 Å². The Kier molecular flexibility index (Phi) is 3.69. The maximum absolute atomic E-state index is 12.1. The van der Waals surface area contributed by atoms with E-state index in [1.54, 1.807) is 23.5 Å². The number of rotatable bonds is 2. The highest BCUT2D eigenvalue weighted by Gasteiger charge is 2.31. The van der Waals surface area contributed by atoms with Crippen LogP contribution in [0.2, 0.25) is 0 Å². The molecule has 3 heterocycles. The van der Waals surface area contributed by atoms with Crippen LogP contribution in [0.1, 0.15) is 42.0 Å². The fourth-order valence-corrected chi connectivity index (χ4v) is 4.54. The zero-order chi connectivity index (χ0) is 15.8. The van der Waals surface area contributed by atoms with Gasteiger partial charge in [0.25, 0.3) is 0 Å². The fraction of sp³-hybridized carbons (Fsp3) is 0.412. The lowest BCUT2D eigenvalue weighted by molar-refractivity contribution is -0.116. The number of nitrogens with zero attached hydrogens (tertiary/aromatic N) is 2. The van der Waals surface area contributed by atoms with Gasteiger partial charge in [-0.15, -0.1) is 0 Å². The lowest BCUT2D eigenvalue weighted by atomic mass is 9.91. The molecular formula is C17H19N3O2S. The summed E-state index contributed by atoms with van der Waals surface area (Å²) < 4.78 is 0. The summed E-state index contributed by atoms with van der Waals surface area (Å²) in [7, 11) is 0. The number of hydrogen-bond donors (Lipinski definition) is 2. The quantitative estimate of drug-likeness (QED) is 0.887. The molecule has 23 heavy (non-hydrogen) atoms. The first-order valence-electron chi connectivity index (χ1n) is 8.05. The number of amides is 1. The van der Waals surface area contributed by atoms with E-state index in [9.17, 15) is 9.90 Å². The summed E-state index contributed by atoms with van der Waals surface area (Å²) in [6.07, 6.45) is 4.08. The van der Waals surface area contributed by atoms with Crippen LogP contribution in [0.5, 0.6) is 5.75 Å². The molecule has 0 saturated carbocycles. The second-order valence-corrected chi connectivity index (χ2v) is 7.17. The van der Waals surface area contributed by atoms with Crippen molar-refractivity contribution in [2.75, 3.05) is 23.3 Å². The number of fused-ring (bicyclic) bond motifs is 1. The number of piperidine rings is 1. The summed E-state index contributed by atoms with van der Waals surface area (Å²) in [5.74, 6) is 0.888. The van der Waals surface area contributed by atoms with Gasteiger partial charge in [0.15, 0.2) is 5.13 Å². The van der Waals surface area contributed by atoms with Gasteiger partial charge in [0.1, 0.15) is 11.6 Å². The number of aromatic nitrogens is 1. The Balaban J connectivity index is 1.71. The molecule has 5 nitrogen and oxygen atoms in total. The molecule has 2 aliphatic rings. The molecule has 2 aliphatic heterocycles. The van der Waals surface area contributed by atoms with Gasteiger partial charge in [0.2, 0.25) is 5.91 Å². The molecule has 1 aromatic heterocycles.